The van der Waals surface area contributed by atoms with Gasteiger partial charge in [0, 0.05) is 25.1 Å². The lowest BCUT2D eigenvalue weighted by Crippen LogP contribution is -2.42. The number of nitrogens with zero attached hydrogens (tertiary/aromatic N) is 3. The number of carbonyl (C=O) groups excluding carboxylic acids is 2. The number of hydrogen-bond acceptors (Lipinski definition) is 6. The number of fused-ring (bicyclic) bond motifs is 1. The fraction of sp³-hybridized carbons (Fsp3) is 0.346. The van der Waals surface area contributed by atoms with Crippen molar-refractivity contribution in [1.29, 1.82) is 0 Å². The van der Waals surface area contributed by atoms with Crippen molar-refractivity contribution in [2.45, 2.75) is 33.4 Å². The van der Waals surface area contributed by atoms with Gasteiger partial charge in [0.15, 0.2) is 17.2 Å². The molecule has 2 amide bonds. The Kier molecular flexibility index (Phi) is 7.24. The lowest BCUT2D eigenvalue weighted by Gasteiger charge is -2.28. The van der Waals surface area contributed by atoms with Gasteiger partial charge in [0.2, 0.25) is 0 Å². The van der Waals surface area contributed by atoms with Gasteiger partial charge >= 0.3 is 12.0 Å². The van der Waals surface area contributed by atoms with E-state index in [4.69, 9.17) is 14.2 Å². The monoisotopic (exact) mass is 478 g/mol. The maximum Gasteiger partial charge on any atom is 0.359 e. The van der Waals surface area contributed by atoms with Crippen LogP contribution in [0.15, 0.2) is 42.5 Å². The van der Waals surface area contributed by atoms with Crippen LogP contribution < -0.4 is 14.8 Å². The highest BCUT2D eigenvalue weighted by atomic mass is 16.5. The predicted octanol–water partition coefficient (Wildman–Crippen LogP) is 3.64. The highest BCUT2D eigenvalue weighted by molar-refractivity contribution is 5.89. The van der Waals surface area contributed by atoms with Crippen LogP contribution in [0.4, 0.5) is 4.79 Å². The predicted molar refractivity (Wildman–Crippen MR) is 130 cm³/mol. The lowest BCUT2D eigenvalue weighted by molar-refractivity contribution is 0.0516. The van der Waals surface area contributed by atoms with Gasteiger partial charge in [-0.25, -0.2) is 14.3 Å². The molecule has 184 valence electrons. The van der Waals surface area contributed by atoms with Crippen molar-refractivity contribution in [2.75, 3.05) is 27.4 Å². The summed E-state index contributed by atoms with van der Waals surface area (Å²) in [6, 6.07) is 13.2. The first-order valence-corrected chi connectivity index (χ1v) is 11.5. The molecule has 0 saturated carbocycles. The van der Waals surface area contributed by atoms with Crippen LogP contribution in [0.5, 0.6) is 11.5 Å². The molecule has 0 spiro atoms. The molecular weight excluding hydrogens is 448 g/mol. The van der Waals surface area contributed by atoms with E-state index in [0.29, 0.717) is 31.0 Å². The summed E-state index contributed by atoms with van der Waals surface area (Å²) in [4.78, 5) is 27.4. The zero-order valence-corrected chi connectivity index (χ0v) is 20.5. The van der Waals surface area contributed by atoms with Crippen LogP contribution in [-0.4, -0.2) is 54.1 Å². The molecular formula is C26H30N4O5. The number of urea groups is 1. The van der Waals surface area contributed by atoms with Crippen molar-refractivity contribution in [1.82, 2.24) is 20.0 Å². The van der Waals surface area contributed by atoms with E-state index < -0.39 is 5.97 Å². The van der Waals surface area contributed by atoms with Gasteiger partial charge in [0.1, 0.15) is 0 Å². The Morgan fingerprint density at radius 3 is 2.49 bits per heavy atom. The number of carbonyl (C=O) groups is 2. The van der Waals surface area contributed by atoms with Crippen LogP contribution in [0.1, 0.15) is 39.8 Å². The normalized spacial score (nSPS) is 12.6. The number of aryl methyl sites for hydroxylation is 1. The molecule has 2 aromatic carbocycles. The van der Waals surface area contributed by atoms with Crippen LogP contribution >= 0.6 is 0 Å². The molecule has 9 nitrogen and oxygen atoms in total. The number of amides is 2. The van der Waals surface area contributed by atoms with Gasteiger partial charge in [-0.3, -0.25) is 0 Å². The zero-order valence-electron chi connectivity index (χ0n) is 20.5. The van der Waals surface area contributed by atoms with Crippen molar-refractivity contribution in [3.63, 3.8) is 0 Å². The van der Waals surface area contributed by atoms with Crippen LogP contribution in [-0.2, 0) is 24.2 Å². The molecule has 1 aliphatic rings. The van der Waals surface area contributed by atoms with E-state index >= 15 is 0 Å². The van der Waals surface area contributed by atoms with E-state index in [1.54, 1.807) is 36.8 Å². The van der Waals surface area contributed by atoms with Crippen molar-refractivity contribution in [3.8, 4) is 17.2 Å². The Bertz CT molecular complexity index is 1220. The van der Waals surface area contributed by atoms with Gasteiger partial charge in [-0.15, -0.1) is 0 Å². The van der Waals surface area contributed by atoms with Gasteiger partial charge < -0.3 is 24.4 Å². The van der Waals surface area contributed by atoms with E-state index in [0.717, 1.165) is 28.1 Å². The van der Waals surface area contributed by atoms with E-state index in [9.17, 15) is 9.59 Å². The summed E-state index contributed by atoms with van der Waals surface area (Å²) in [5.74, 6) is 0.745. The minimum Gasteiger partial charge on any atom is -0.493 e. The molecule has 9 heteroatoms. The summed E-state index contributed by atoms with van der Waals surface area (Å²) in [7, 11) is 3.15. The Balaban J connectivity index is 1.53. The molecule has 1 N–H and O–H groups in total. The van der Waals surface area contributed by atoms with Crippen LogP contribution in [0.2, 0.25) is 0 Å². The van der Waals surface area contributed by atoms with Crippen LogP contribution in [0, 0.1) is 6.92 Å². The fourth-order valence-electron chi connectivity index (χ4n) is 4.14. The smallest absolute Gasteiger partial charge is 0.359 e. The second-order valence-corrected chi connectivity index (χ2v) is 8.26. The lowest BCUT2D eigenvalue weighted by atomic mass is 10.0. The Morgan fingerprint density at radius 2 is 1.80 bits per heavy atom. The fourth-order valence-corrected chi connectivity index (χ4v) is 4.14. The molecule has 1 aliphatic heterocycles. The second kappa shape index (κ2) is 10.5. The highest BCUT2D eigenvalue weighted by Gasteiger charge is 2.31. The maximum atomic E-state index is 13.0. The maximum absolute atomic E-state index is 13.0. The molecule has 0 atom stereocenters. The molecule has 0 bridgehead atoms. The first-order chi connectivity index (χ1) is 16.9. The number of hydrogen-bond donors (Lipinski definition) is 1. The number of benzene rings is 2. The highest BCUT2D eigenvalue weighted by Crippen LogP contribution is 2.28. The molecule has 0 radical (unpaired) electrons. The standard InChI is InChI=1S/C26H30N4O5/c1-5-35-25(31)24-20-16-29(13-12-21(20)30(28-24)19-9-6-17(2)7-10-19)26(32)27-15-18-8-11-22(33-3)23(14-18)34-4/h6-11,14H,5,12-13,15-16H2,1-4H3,(H,27,32). The van der Waals surface area contributed by atoms with Gasteiger partial charge in [0.25, 0.3) is 0 Å². The average molecular weight is 479 g/mol. The Labute approximate surface area is 204 Å². The Morgan fingerprint density at radius 1 is 1.06 bits per heavy atom. The summed E-state index contributed by atoms with van der Waals surface area (Å²) in [5, 5.41) is 7.55. The van der Waals surface area contributed by atoms with Gasteiger partial charge in [-0.1, -0.05) is 23.8 Å². The first kappa shape index (κ1) is 24.1. The average Bonchev–Trinajstić information content (AvgIpc) is 3.26. The summed E-state index contributed by atoms with van der Waals surface area (Å²) in [6.45, 7) is 5.13. The minimum atomic E-state index is -0.484. The molecule has 0 aliphatic carbocycles. The van der Waals surface area contributed by atoms with E-state index in [-0.39, 0.29) is 24.9 Å². The van der Waals surface area contributed by atoms with E-state index in [2.05, 4.69) is 10.4 Å². The number of rotatable bonds is 7. The third-order valence-corrected chi connectivity index (χ3v) is 5.98. The van der Waals surface area contributed by atoms with Gasteiger partial charge in [-0.2, -0.15) is 5.10 Å². The molecule has 0 fully saturated rings. The molecule has 0 saturated heterocycles. The van der Waals surface area contributed by atoms with Crippen molar-refractivity contribution < 1.29 is 23.8 Å². The van der Waals surface area contributed by atoms with Crippen LogP contribution in [0.25, 0.3) is 5.69 Å². The number of nitrogens with one attached hydrogen (secondary N) is 1. The van der Waals surface area contributed by atoms with Crippen LogP contribution in [0.3, 0.4) is 0 Å². The van der Waals surface area contributed by atoms with Gasteiger partial charge in [0.05, 0.1) is 38.8 Å². The molecule has 2 heterocycles. The molecule has 1 aromatic heterocycles. The first-order valence-electron chi connectivity index (χ1n) is 11.5. The summed E-state index contributed by atoms with van der Waals surface area (Å²) in [5.41, 5.74) is 4.77. The summed E-state index contributed by atoms with van der Waals surface area (Å²) >= 11 is 0. The minimum absolute atomic E-state index is 0.219. The van der Waals surface area contributed by atoms with E-state index in [1.807, 2.05) is 43.3 Å². The van der Waals surface area contributed by atoms with E-state index in [1.165, 1.54) is 0 Å². The third kappa shape index (κ3) is 5.08. The second-order valence-electron chi connectivity index (χ2n) is 8.26. The van der Waals surface area contributed by atoms with Crippen molar-refractivity contribution in [3.05, 3.63) is 70.5 Å². The quantitative estimate of drug-likeness (QED) is 0.521. The SMILES string of the molecule is CCOC(=O)c1nn(-c2ccc(C)cc2)c2c1CN(C(=O)NCc1ccc(OC)c(OC)c1)CC2. The zero-order chi connectivity index (χ0) is 24.9. The Hall–Kier alpha value is -4.01. The molecule has 35 heavy (non-hydrogen) atoms. The third-order valence-electron chi connectivity index (χ3n) is 5.98. The molecule has 4 rings (SSSR count). The number of methoxy groups -OCH3 is 2. The largest absolute Gasteiger partial charge is 0.493 e. The van der Waals surface area contributed by atoms with Gasteiger partial charge in [-0.05, 0) is 43.7 Å². The topological polar surface area (TPSA) is 94.9 Å². The summed E-state index contributed by atoms with van der Waals surface area (Å²) < 4.78 is 17.6. The molecule has 3 aromatic rings. The number of aromatic nitrogens is 2. The van der Waals surface area contributed by atoms with Crippen molar-refractivity contribution >= 4 is 12.0 Å². The van der Waals surface area contributed by atoms with Crippen molar-refractivity contribution in [2.24, 2.45) is 0 Å². The summed E-state index contributed by atoms with van der Waals surface area (Å²) in [6.07, 6.45) is 0.569. The number of esters is 1. The number of ether oxygens (including phenoxy) is 3. The molecule has 0 unspecified atom stereocenters.